The largest absolute Gasteiger partial charge is 0.293 e. The van der Waals surface area contributed by atoms with E-state index in [1.165, 1.54) is 5.57 Å². The van der Waals surface area contributed by atoms with Crippen LogP contribution in [0.1, 0.15) is 19.8 Å². The molecule has 0 aliphatic carbocycles. The highest BCUT2D eigenvalue weighted by Gasteiger charge is 2.03. The number of hydrogen-bond donors (Lipinski definition) is 0. The van der Waals surface area contributed by atoms with Gasteiger partial charge in [0.1, 0.15) is 0 Å². The van der Waals surface area contributed by atoms with Gasteiger partial charge in [0.2, 0.25) is 0 Å². The fraction of sp³-hybridized carbons (Fsp3) is 0.625. The number of aliphatic imine (C=N–C) groups is 1. The Morgan fingerprint density at radius 1 is 1.80 bits per heavy atom. The van der Waals surface area contributed by atoms with Crippen LogP contribution in [-0.4, -0.2) is 18.1 Å². The van der Waals surface area contributed by atoms with Crippen molar-refractivity contribution in [1.29, 1.82) is 0 Å². The minimum absolute atomic E-state index is 0.168. The smallest absolute Gasteiger partial charge is 0.0596 e. The monoisotopic (exact) mass is 157 g/mol. The first-order valence-corrected chi connectivity index (χ1v) is 4.08. The maximum absolute atomic E-state index is 5.93. The summed E-state index contributed by atoms with van der Waals surface area (Å²) in [6.45, 7) is 2.98. The van der Waals surface area contributed by atoms with Gasteiger partial charge in [-0.1, -0.05) is 18.6 Å². The van der Waals surface area contributed by atoms with Crippen molar-refractivity contribution in [1.82, 2.24) is 0 Å². The average molecular weight is 158 g/mol. The van der Waals surface area contributed by atoms with Crippen molar-refractivity contribution in [2.24, 2.45) is 4.99 Å². The number of rotatable bonds is 1. The average Bonchev–Trinajstić information content (AvgIpc) is 2.13. The predicted molar refractivity (Wildman–Crippen MR) is 46.0 cm³/mol. The second-order valence-electron chi connectivity index (χ2n) is 2.45. The summed E-state index contributed by atoms with van der Waals surface area (Å²) in [5.74, 6) is 0. The van der Waals surface area contributed by atoms with Crippen LogP contribution in [0, 0.1) is 0 Å². The van der Waals surface area contributed by atoms with E-state index >= 15 is 0 Å². The molecule has 0 radical (unpaired) electrons. The van der Waals surface area contributed by atoms with E-state index in [0.29, 0.717) is 0 Å². The molecule has 1 heterocycles. The number of nitrogens with zero attached hydrogens (tertiary/aromatic N) is 1. The third kappa shape index (κ3) is 2.14. The van der Waals surface area contributed by atoms with Gasteiger partial charge in [-0.15, -0.1) is 11.6 Å². The summed E-state index contributed by atoms with van der Waals surface area (Å²) >= 11 is 5.93. The Morgan fingerprint density at radius 3 is 3.30 bits per heavy atom. The van der Waals surface area contributed by atoms with Crippen LogP contribution in [0.2, 0.25) is 0 Å². The lowest BCUT2D eigenvalue weighted by atomic mass is 10.1. The molecule has 1 nitrogen and oxygen atoms in total. The third-order valence-electron chi connectivity index (χ3n) is 1.62. The van der Waals surface area contributed by atoms with Gasteiger partial charge < -0.3 is 0 Å². The number of alkyl halides is 1. The lowest BCUT2D eigenvalue weighted by Gasteiger charge is -1.99. The zero-order valence-corrected chi connectivity index (χ0v) is 6.93. The second kappa shape index (κ2) is 3.77. The molecule has 56 valence electrons. The Morgan fingerprint density at radius 2 is 2.60 bits per heavy atom. The van der Waals surface area contributed by atoms with E-state index in [-0.39, 0.29) is 5.38 Å². The molecule has 0 saturated carbocycles. The molecule has 0 aromatic heterocycles. The normalized spacial score (nSPS) is 25.8. The highest BCUT2D eigenvalue weighted by atomic mass is 35.5. The summed E-state index contributed by atoms with van der Waals surface area (Å²) in [5, 5.41) is 0.168. The van der Waals surface area contributed by atoms with Crippen LogP contribution in [0.3, 0.4) is 0 Å². The quantitative estimate of drug-likeness (QED) is 0.410. The Bertz CT molecular complexity index is 161. The molecule has 1 aliphatic rings. The van der Waals surface area contributed by atoms with Crippen LogP contribution >= 0.6 is 11.6 Å². The first kappa shape index (κ1) is 7.80. The topological polar surface area (TPSA) is 12.4 Å². The molecule has 0 amide bonds. The molecular weight excluding hydrogens is 146 g/mol. The summed E-state index contributed by atoms with van der Waals surface area (Å²) in [5.41, 5.74) is 1.36. The first-order valence-electron chi connectivity index (χ1n) is 3.65. The minimum Gasteiger partial charge on any atom is -0.293 e. The Labute approximate surface area is 66.8 Å². The maximum atomic E-state index is 5.93. The van der Waals surface area contributed by atoms with Gasteiger partial charge >= 0.3 is 0 Å². The Hall–Kier alpha value is -0.300. The molecule has 2 heteroatoms. The fourth-order valence-electron chi connectivity index (χ4n) is 0.963. The van der Waals surface area contributed by atoms with Crippen molar-refractivity contribution < 1.29 is 0 Å². The van der Waals surface area contributed by atoms with Crippen LogP contribution in [0.4, 0.5) is 0 Å². The lowest BCUT2D eigenvalue weighted by molar-refractivity contribution is 1.00. The van der Waals surface area contributed by atoms with Gasteiger partial charge in [-0.3, -0.25) is 4.99 Å². The van der Waals surface area contributed by atoms with Crippen LogP contribution in [0.5, 0.6) is 0 Å². The van der Waals surface area contributed by atoms with E-state index in [4.69, 9.17) is 11.6 Å². The Balaban J connectivity index is 2.61. The van der Waals surface area contributed by atoms with Crippen LogP contribution in [0.25, 0.3) is 0 Å². The SMILES string of the molecule is CCC1=CC(Cl)CC=NC1. The van der Waals surface area contributed by atoms with E-state index in [2.05, 4.69) is 18.0 Å². The van der Waals surface area contributed by atoms with Crippen molar-refractivity contribution in [2.45, 2.75) is 25.1 Å². The molecule has 1 unspecified atom stereocenters. The molecule has 1 rings (SSSR count). The van der Waals surface area contributed by atoms with E-state index in [1.807, 2.05) is 6.21 Å². The van der Waals surface area contributed by atoms with E-state index in [0.717, 1.165) is 19.4 Å². The van der Waals surface area contributed by atoms with Gasteiger partial charge in [-0.2, -0.15) is 0 Å². The van der Waals surface area contributed by atoms with E-state index in [9.17, 15) is 0 Å². The Kier molecular flexibility index (Phi) is 2.94. The molecule has 0 aromatic rings. The van der Waals surface area contributed by atoms with Crippen molar-refractivity contribution in [3.05, 3.63) is 11.6 Å². The zero-order valence-electron chi connectivity index (χ0n) is 6.18. The molecule has 0 saturated heterocycles. The molecule has 0 fully saturated rings. The molecular formula is C8H12ClN. The third-order valence-corrected chi connectivity index (χ3v) is 1.93. The van der Waals surface area contributed by atoms with Gasteiger partial charge in [-0.05, 0) is 6.42 Å². The van der Waals surface area contributed by atoms with Gasteiger partial charge in [-0.25, -0.2) is 0 Å². The lowest BCUT2D eigenvalue weighted by Crippen LogP contribution is -1.93. The van der Waals surface area contributed by atoms with Crippen LogP contribution in [0.15, 0.2) is 16.6 Å². The summed E-state index contributed by atoms with van der Waals surface area (Å²) in [7, 11) is 0. The van der Waals surface area contributed by atoms with E-state index in [1.54, 1.807) is 0 Å². The molecule has 0 aromatic carbocycles. The fourth-order valence-corrected chi connectivity index (χ4v) is 1.22. The maximum Gasteiger partial charge on any atom is 0.0596 e. The van der Waals surface area contributed by atoms with E-state index < -0.39 is 0 Å². The van der Waals surface area contributed by atoms with Gasteiger partial charge in [0.15, 0.2) is 0 Å². The standard InChI is InChI=1S/C8H12ClN/c1-2-7-5-8(9)3-4-10-6-7/h4-5,8H,2-3,6H2,1H3. The molecule has 1 atom stereocenters. The minimum atomic E-state index is 0.168. The number of halogens is 1. The first-order chi connectivity index (χ1) is 4.83. The molecule has 10 heavy (non-hydrogen) atoms. The van der Waals surface area contributed by atoms with Gasteiger partial charge in [0, 0.05) is 12.6 Å². The summed E-state index contributed by atoms with van der Waals surface area (Å²) < 4.78 is 0. The molecule has 0 spiro atoms. The number of hydrogen-bond acceptors (Lipinski definition) is 1. The van der Waals surface area contributed by atoms with Crippen molar-refractivity contribution in [3.63, 3.8) is 0 Å². The summed E-state index contributed by atoms with van der Waals surface area (Å²) in [6, 6.07) is 0. The highest BCUT2D eigenvalue weighted by molar-refractivity contribution is 6.22. The van der Waals surface area contributed by atoms with Crippen molar-refractivity contribution >= 4 is 17.8 Å². The predicted octanol–water partition coefficient (Wildman–Crippen LogP) is 2.40. The van der Waals surface area contributed by atoms with Crippen LogP contribution < -0.4 is 0 Å². The van der Waals surface area contributed by atoms with Gasteiger partial charge in [0.25, 0.3) is 0 Å². The van der Waals surface area contributed by atoms with Crippen molar-refractivity contribution in [2.75, 3.05) is 6.54 Å². The summed E-state index contributed by atoms with van der Waals surface area (Å²) in [4.78, 5) is 4.20. The zero-order chi connectivity index (χ0) is 7.40. The summed E-state index contributed by atoms with van der Waals surface area (Å²) in [6.07, 6.45) is 5.98. The van der Waals surface area contributed by atoms with Crippen LogP contribution in [-0.2, 0) is 0 Å². The molecule has 1 aliphatic heterocycles. The van der Waals surface area contributed by atoms with Crippen molar-refractivity contribution in [3.8, 4) is 0 Å². The molecule has 0 N–H and O–H groups in total. The highest BCUT2D eigenvalue weighted by Crippen LogP contribution is 2.12. The molecule has 0 bridgehead atoms. The second-order valence-corrected chi connectivity index (χ2v) is 3.01. The number of allylic oxidation sites excluding steroid dienone is 1. The van der Waals surface area contributed by atoms with Gasteiger partial charge in [0.05, 0.1) is 11.9 Å².